The van der Waals surface area contributed by atoms with Crippen LogP contribution in [0.2, 0.25) is 0 Å². The lowest BCUT2D eigenvalue weighted by atomic mass is 10.0. The van der Waals surface area contributed by atoms with E-state index in [2.05, 4.69) is 5.32 Å². The fourth-order valence-corrected chi connectivity index (χ4v) is 5.04. The highest BCUT2D eigenvalue weighted by molar-refractivity contribution is 7.89. The smallest absolute Gasteiger partial charge is 0.326 e. The number of benzene rings is 1. The number of piperidine rings is 1. The molecule has 0 saturated carbocycles. The number of sulfonamides is 1. The number of nitrogens with one attached hydrogen (secondary N) is 1. The average molecular weight is 397 g/mol. The number of rotatable bonds is 7. The van der Waals surface area contributed by atoms with Crippen LogP contribution in [0.25, 0.3) is 0 Å². The van der Waals surface area contributed by atoms with E-state index < -0.39 is 27.9 Å². The monoisotopic (exact) mass is 396 g/mol. The average Bonchev–Trinajstić information content (AvgIpc) is 2.61. The molecule has 0 bridgehead atoms. The van der Waals surface area contributed by atoms with Crippen LogP contribution in [0.5, 0.6) is 0 Å². The van der Waals surface area contributed by atoms with Crippen molar-refractivity contribution >= 4 is 21.9 Å². The summed E-state index contributed by atoms with van der Waals surface area (Å²) in [4.78, 5) is 23.9. The van der Waals surface area contributed by atoms with Crippen molar-refractivity contribution in [3.63, 3.8) is 0 Å². The van der Waals surface area contributed by atoms with Gasteiger partial charge in [-0.2, -0.15) is 4.31 Å². The minimum Gasteiger partial charge on any atom is -0.480 e. The number of carbonyl (C=O) groups excluding carboxylic acids is 1. The van der Waals surface area contributed by atoms with Crippen molar-refractivity contribution in [1.82, 2.24) is 9.62 Å². The molecule has 2 atom stereocenters. The predicted octanol–water partition coefficient (Wildman–Crippen LogP) is 2.48. The second kappa shape index (κ2) is 8.84. The van der Waals surface area contributed by atoms with Gasteiger partial charge in [0.15, 0.2) is 0 Å². The summed E-state index contributed by atoms with van der Waals surface area (Å²) < 4.78 is 27.4. The van der Waals surface area contributed by atoms with Crippen LogP contribution in [0.15, 0.2) is 29.2 Å². The van der Waals surface area contributed by atoms with Gasteiger partial charge in [-0.1, -0.05) is 26.3 Å². The molecule has 2 rings (SSSR count). The second-order valence-electron chi connectivity index (χ2n) is 7.48. The van der Waals surface area contributed by atoms with Crippen LogP contribution >= 0.6 is 0 Å². The zero-order valence-corrected chi connectivity index (χ0v) is 16.8. The molecule has 0 radical (unpaired) electrons. The number of carboxylic acid groups (broad SMARTS) is 1. The van der Waals surface area contributed by atoms with Crippen molar-refractivity contribution in [3.05, 3.63) is 29.8 Å². The SMILES string of the molecule is CC(C)C[C@H](NC(=O)c1cccc(S(=O)(=O)N2CCCCC2C)c1)C(=O)O. The van der Waals surface area contributed by atoms with E-state index in [0.717, 1.165) is 19.3 Å². The lowest BCUT2D eigenvalue weighted by molar-refractivity contribution is -0.139. The zero-order chi connectivity index (χ0) is 20.2. The van der Waals surface area contributed by atoms with E-state index in [1.807, 2.05) is 20.8 Å². The Morgan fingerprint density at radius 2 is 2.00 bits per heavy atom. The lowest BCUT2D eigenvalue weighted by Crippen LogP contribution is -2.42. The Balaban J connectivity index is 2.23. The number of nitrogens with zero attached hydrogens (tertiary/aromatic N) is 1. The highest BCUT2D eigenvalue weighted by Crippen LogP contribution is 2.25. The minimum atomic E-state index is -3.69. The molecule has 1 saturated heterocycles. The number of carboxylic acids is 1. The first-order valence-electron chi connectivity index (χ1n) is 9.28. The normalized spacial score (nSPS) is 19.6. The number of aliphatic carboxylic acids is 1. The van der Waals surface area contributed by atoms with Crippen molar-refractivity contribution in [2.75, 3.05) is 6.54 Å². The maximum atomic E-state index is 12.9. The molecule has 1 fully saturated rings. The van der Waals surface area contributed by atoms with Gasteiger partial charge in [0, 0.05) is 18.2 Å². The van der Waals surface area contributed by atoms with Crippen LogP contribution in [0.1, 0.15) is 56.8 Å². The number of carbonyl (C=O) groups is 2. The van der Waals surface area contributed by atoms with Gasteiger partial charge in [-0.25, -0.2) is 13.2 Å². The zero-order valence-electron chi connectivity index (χ0n) is 16.0. The summed E-state index contributed by atoms with van der Waals surface area (Å²) in [6.07, 6.45) is 2.93. The molecule has 1 heterocycles. The van der Waals surface area contributed by atoms with E-state index in [4.69, 9.17) is 0 Å². The maximum Gasteiger partial charge on any atom is 0.326 e. The molecule has 1 aliphatic rings. The highest BCUT2D eigenvalue weighted by atomic mass is 32.2. The van der Waals surface area contributed by atoms with Crippen LogP contribution in [0.4, 0.5) is 0 Å². The van der Waals surface area contributed by atoms with E-state index in [-0.39, 0.29) is 22.4 Å². The van der Waals surface area contributed by atoms with Gasteiger partial charge in [-0.05, 0) is 50.3 Å². The third kappa shape index (κ3) is 5.29. The molecule has 1 unspecified atom stereocenters. The molecule has 7 nitrogen and oxygen atoms in total. The van der Waals surface area contributed by atoms with Crippen molar-refractivity contribution in [1.29, 1.82) is 0 Å². The number of amides is 1. The van der Waals surface area contributed by atoms with Crippen LogP contribution < -0.4 is 5.32 Å². The number of hydrogen-bond acceptors (Lipinski definition) is 4. The Bertz CT molecular complexity index is 791. The van der Waals surface area contributed by atoms with E-state index >= 15 is 0 Å². The standard InChI is InChI=1S/C19H28N2O5S/c1-13(2)11-17(19(23)24)20-18(22)15-8-6-9-16(12-15)27(25,26)21-10-5-4-7-14(21)3/h6,8-9,12-14,17H,4-5,7,10-11H2,1-3H3,(H,20,22)(H,23,24)/t14?,17-/m0/s1. The summed E-state index contributed by atoms with van der Waals surface area (Å²) in [7, 11) is -3.69. The molecule has 1 amide bonds. The summed E-state index contributed by atoms with van der Waals surface area (Å²) in [5.41, 5.74) is 0.135. The van der Waals surface area contributed by atoms with Crippen molar-refractivity contribution in [2.45, 2.75) is 63.4 Å². The van der Waals surface area contributed by atoms with Gasteiger partial charge < -0.3 is 10.4 Å². The van der Waals surface area contributed by atoms with Crippen LogP contribution in [-0.2, 0) is 14.8 Å². The lowest BCUT2D eigenvalue weighted by Gasteiger charge is -2.32. The van der Waals surface area contributed by atoms with Crippen LogP contribution in [0, 0.1) is 5.92 Å². The van der Waals surface area contributed by atoms with Crippen molar-refractivity contribution < 1.29 is 23.1 Å². The first-order chi connectivity index (χ1) is 12.6. The fraction of sp³-hybridized carbons (Fsp3) is 0.579. The van der Waals surface area contributed by atoms with Crippen LogP contribution in [-0.4, -0.2) is 48.3 Å². The van der Waals surface area contributed by atoms with E-state index in [1.165, 1.54) is 28.6 Å². The van der Waals surface area contributed by atoms with Gasteiger partial charge in [0.05, 0.1) is 4.90 Å². The molecule has 0 spiro atoms. The van der Waals surface area contributed by atoms with Gasteiger partial charge in [0.2, 0.25) is 10.0 Å². The Kier molecular flexibility index (Phi) is 7.00. The third-order valence-corrected chi connectivity index (χ3v) is 6.76. The van der Waals surface area contributed by atoms with E-state index in [9.17, 15) is 23.1 Å². The molecule has 1 aromatic carbocycles. The highest BCUT2D eigenvalue weighted by Gasteiger charge is 2.31. The quantitative estimate of drug-likeness (QED) is 0.737. The minimum absolute atomic E-state index is 0.0552. The largest absolute Gasteiger partial charge is 0.480 e. The Morgan fingerprint density at radius 3 is 2.59 bits per heavy atom. The molecule has 1 aromatic rings. The summed E-state index contributed by atoms with van der Waals surface area (Å²) in [5, 5.41) is 11.8. The summed E-state index contributed by atoms with van der Waals surface area (Å²) in [6, 6.07) is 4.69. The molecule has 1 aliphatic heterocycles. The molecular formula is C19H28N2O5S. The van der Waals surface area contributed by atoms with Gasteiger partial charge in [0.1, 0.15) is 6.04 Å². The van der Waals surface area contributed by atoms with E-state index in [0.29, 0.717) is 13.0 Å². The maximum absolute atomic E-state index is 12.9. The first kappa shape index (κ1) is 21.4. The molecule has 27 heavy (non-hydrogen) atoms. The molecule has 150 valence electrons. The van der Waals surface area contributed by atoms with Gasteiger partial charge >= 0.3 is 5.97 Å². The Hall–Kier alpha value is -1.93. The first-order valence-corrected chi connectivity index (χ1v) is 10.7. The van der Waals surface area contributed by atoms with Gasteiger partial charge in [0.25, 0.3) is 5.91 Å². The van der Waals surface area contributed by atoms with Gasteiger partial charge in [-0.15, -0.1) is 0 Å². The molecule has 8 heteroatoms. The topological polar surface area (TPSA) is 104 Å². The van der Waals surface area contributed by atoms with Crippen molar-refractivity contribution in [3.8, 4) is 0 Å². The Labute approximate surface area is 160 Å². The summed E-state index contributed by atoms with van der Waals surface area (Å²) in [6.45, 7) is 6.09. The third-order valence-electron chi connectivity index (χ3n) is 4.76. The molecule has 2 N–H and O–H groups in total. The number of hydrogen-bond donors (Lipinski definition) is 2. The van der Waals surface area contributed by atoms with Gasteiger partial charge in [-0.3, -0.25) is 4.79 Å². The fourth-order valence-electron chi connectivity index (χ4n) is 3.30. The molecular weight excluding hydrogens is 368 g/mol. The second-order valence-corrected chi connectivity index (χ2v) is 9.37. The molecule has 0 aromatic heterocycles. The molecule has 0 aliphatic carbocycles. The summed E-state index contributed by atoms with van der Waals surface area (Å²) in [5.74, 6) is -1.60. The predicted molar refractivity (Wildman–Crippen MR) is 102 cm³/mol. The van der Waals surface area contributed by atoms with Crippen LogP contribution in [0.3, 0.4) is 0 Å². The van der Waals surface area contributed by atoms with E-state index in [1.54, 1.807) is 0 Å². The van der Waals surface area contributed by atoms with Crippen molar-refractivity contribution in [2.24, 2.45) is 5.92 Å². The summed E-state index contributed by atoms with van der Waals surface area (Å²) >= 11 is 0. The Morgan fingerprint density at radius 1 is 1.30 bits per heavy atom.